The number of nitrogens with zero attached hydrogens (tertiary/aromatic N) is 1. The van der Waals surface area contributed by atoms with E-state index in [9.17, 15) is 16.8 Å². The van der Waals surface area contributed by atoms with Crippen LogP contribution in [0.2, 0.25) is 5.02 Å². The zero-order chi connectivity index (χ0) is 18.1. The number of fused-ring (bicyclic) bond motifs is 1. The van der Waals surface area contributed by atoms with Crippen LogP contribution < -0.4 is 9.03 Å². The SMILES string of the molecule is O=S(=O)(NCCS(=O)(=O)N1CCc2ccccc21)c1ccc(Cl)cc1. The number of sulfonamides is 2. The van der Waals surface area contributed by atoms with Gasteiger partial charge in [0.15, 0.2) is 0 Å². The fourth-order valence-electron chi connectivity index (χ4n) is 2.71. The smallest absolute Gasteiger partial charge is 0.240 e. The molecule has 1 heterocycles. The lowest BCUT2D eigenvalue weighted by molar-refractivity contribution is 0.580. The topological polar surface area (TPSA) is 83.5 Å². The van der Waals surface area contributed by atoms with E-state index in [1.165, 1.54) is 28.6 Å². The van der Waals surface area contributed by atoms with Crippen LogP contribution in [-0.4, -0.2) is 35.7 Å². The minimum absolute atomic E-state index is 0.0424. The van der Waals surface area contributed by atoms with Gasteiger partial charge < -0.3 is 0 Å². The lowest BCUT2D eigenvalue weighted by Gasteiger charge is -2.19. The van der Waals surface area contributed by atoms with E-state index in [0.29, 0.717) is 23.7 Å². The van der Waals surface area contributed by atoms with Gasteiger partial charge in [0.1, 0.15) is 0 Å². The quantitative estimate of drug-likeness (QED) is 0.803. The molecule has 2 aromatic rings. The summed E-state index contributed by atoms with van der Waals surface area (Å²) >= 11 is 5.74. The van der Waals surface area contributed by atoms with Crippen LogP contribution in [0.1, 0.15) is 5.56 Å². The molecule has 0 spiro atoms. The molecule has 1 aliphatic rings. The van der Waals surface area contributed by atoms with Gasteiger partial charge in [-0.25, -0.2) is 21.6 Å². The molecule has 1 aliphatic heterocycles. The van der Waals surface area contributed by atoms with Crippen LogP contribution >= 0.6 is 11.6 Å². The van der Waals surface area contributed by atoms with Crippen LogP contribution in [0, 0.1) is 0 Å². The van der Waals surface area contributed by atoms with E-state index in [-0.39, 0.29) is 17.2 Å². The molecule has 0 atom stereocenters. The largest absolute Gasteiger partial charge is 0.270 e. The molecule has 2 aromatic carbocycles. The second kappa shape index (κ2) is 6.95. The highest BCUT2D eigenvalue weighted by molar-refractivity contribution is 7.93. The van der Waals surface area contributed by atoms with Crippen molar-refractivity contribution in [3.63, 3.8) is 0 Å². The second-order valence-corrected chi connectivity index (χ2v) is 9.83. The molecule has 0 fully saturated rings. The predicted octanol–water partition coefficient (Wildman–Crippen LogP) is 2.01. The fourth-order valence-corrected chi connectivity index (χ4v) is 5.42. The molecule has 0 aliphatic carbocycles. The van der Waals surface area contributed by atoms with E-state index in [0.717, 1.165) is 5.56 Å². The Morgan fingerprint density at radius 2 is 1.68 bits per heavy atom. The van der Waals surface area contributed by atoms with Crippen molar-refractivity contribution >= 4 is 37.3 Å². The number of hydrogen-bond acceptors (Lipinski definition) is 4. The van der Waals surface area contributed by atoms with Gasteiger partial charge in [0.25, 0.3) is 0 Å². The van der Waals surface area contributed by atoms with E-state index in [1.807, 2.05) is 12.1 Å². The van der Waals surface area contributed by atoms with Gasteiger partial charge in [0.2, 0.25) is 20.0 Å². The highest BCUT2D eigenvalue weighted by atomic mass is 35.5. The summed E-state index contributed by atoms with van der Waals surface area (Å²) in [5.41, 5.74) is 1.65. The molecule has 0 aromatic heterocycles. The Labute approximate surface area is 152 Å². The molecule has 134 valence electrons. The summed E-state index contributed by atoms with van der Waals surface area (Å²) in [6, 6.07) is 13.0. The van der Waals surface area contributed by atoms with E-state index in [1.54, 1.807) is 12.1 Å². The highest BCUT2D eigenvalue weighted by Gasteiger charge is 2.29. The summed E-state index contributed by atoms with van der Waals surface area (Å²) in [5, 5.41) is 0.425. The Balaban J connectivity index is 1.66. The van der Waals surface area contributed by atoms with Crippen LogP contribution in [0.4, 0.5) is 5.69 Å². The van der Waals surface area contributed by atoms with E-state index in [2.05, 4.69) is 4.72 Å². The van der Waals surface area contributed by atoms with Crippen LogP contribution in [0.15, 0.2) is 53.4 Å². The van der Waals surface area contributed by atoms with Crippen molar-refractivity contribution in [1.29, 1.82) is 0 Å². The Hall–Kier alpha value is -1.61. The first-order valence-electron chi connectivity index (χ1n) is 7.63. The molecule has 1 N–H and O–H groups in total. The zero-order valence-electron chi connectivity index (χ0n) is 13.2. The van der Waals surface area contributed by atoms with E-state index < -0.39 is 20.0 Å². The number of halogens is 1. The van der Waals surface area contributed by atoms with Crippen molar-refractivity contribution in [3.05, 3.63) is 59.1 Å². The predicted molar refractivity (Wildman–Crippen MR) is 97.9 cm³/mol. The van der Waals surface area contributed by atoms with Crippen LogP contribution in [0.3, 0.4) is 0 Å². The van der Waals surface area contributed by atoms with E-state index >= 15 is 0 Å². The first kappa shape index (κ1) is 18.2. The van der Waals surface area contributed by atoms with Crippen molar-refractivity contribution < 1.29 is 16.8 Å². The number of benzene rings is 2. The first-order valence-corrected chi connectivity index (χ1v) is 11.1. The van der Waals surface area contributed by atoms with Crippen molar-refractivity contribution in [3.8, 4) is 0 Å². The monoisotopic (exact) mass is 400 g/mol. The Kier molecular flexibility index (Phi) is 5.06. The van der Waals surface area contributed by atoms with Gasteiger partial charge in [0.05, 0.1) is 16.3 Å². The molecule has 0 radical (unpaired) electrons. The molecular formula is C16H17ClN2O4S2. The molecule has 0 bridgehead atoms. The number of anilines is 1. The number of rotatable bonds is 6. The first-order chi connectivity index (χ1) is 11.8. The maximum Gasteiger partial charge on any atom is 0.240 e. The molecule has 6 nitrogen and oxygen atoms in total. The maximum atomic E-state index is 12.5. The molecule has 0 amide bonds. The average molecular weight is 401 g/mol. The average Bonchev–Trinajstić information content (AvgIpc) is 3.00. The van der Waals surface area contributed by atoms with E-state index in [4.69, 9.17) is 11.6 Å². The summed E-state index contributed by atoms with van der Waals surface area (Å²) in [6.45, 7) is 0.178. The van der Waals surface area contributed by atoms with Crippen LogP contribution in [-0.2, 0) is 26.5 Å². The van der Waals surface area contributed by atoms with Crippen LogP contribution in [0.25, 0.3) is 0 Å². The number of nitrogens with one attached hydrogen (secondary N) is 1. The zero-order valence-corrected chi connectivity index (χ0v) is 15.6. The van der Waals surface area contributed by atoms with Crippen molar-refractivity contribution in [2.75, 3.05) is 23.1 Å². The summed E-state index contributed by atoms with van der Waals surface area (Å²) in [4.78, 5) is 0.0424. The summed E-state index contributed by atoms with van der Waals surface area (Å²) in [5.74, 6) is -0.311. The van der Waals surface area contributed by atoms with Gasteiger partial charge in [0, 0.05) is 18.1 Å². The van der Waals surface area contributed by atoms with Gasteiger partial charge in [-0.15, -0.1) is 0 Å². The lowest BCUT2D eigenvalue weighted by Crippen LogP contribution is -2.36. The molecule has 0 saturated heterocycles. The highest BCUT2D eigenvalue weighted by Crippen LogP contribution is 2.29. The summed E-state index contributed by atoms with van der Waals surface area (Å²) in [7, 11) is -7.37. The standard InChI is InChI=1S/C16H17ClN2O4S2/c17-14-5-7-15(8-6-14)25(22,23)18-10-12-24(20,21)19-11-9-13-3-1-2-4-16(13)19/h1-8,18H,9-12H2. The number of para-hydroxylation sites is 1. The third-order valence-electron chi connectivity index (χ3n) is 3.96. The normalized spacial score (nSPS) is 14.5. The lowest BCUT2D eigenvalue weighted by atomic mass is 10.2. The van der Waals surface area contributed by atoms with Crippen molar-refractivity contribution in [2.24, 2.45) is 0 Å². The molecule has 3 rings (SSSR count). The van der Waals surface area contributed by atoms with Crippen LogP contribution in [0.5, 0.6) is 0 Å². The molecule has 0 unspecified atom stereocenters. The van der Waals surface area contributed by atoms with Crippen molar-refractivity contribution in [1.82, 2.24) is 4.72 Å². The second-order valence-electron chi connectivity index (χ2n) is 5.62. The summed E-state index contributed by atoms with van der Waals surface area (Å²) in [6.07, 6.45) is 0.659. The third-order valence-corrected chi connectivity index (χ3v) is 7.46. The maximum absolute atomic E-state index is 12.5. The van der Waals surface area contributed by atoms with Crippen molar-refractivity contribution in [2.45, 2.75) is 11.3 Å². The van der Waals surface area contributed by atoms with Gasteiger partial charge in [-0.1, -0.05) is 29.8 Å². The fraction of sp³-hybridized carbons (Fsp3) is 0.250. The molecule has 25 heavy (non-hydrogen) atoms. The third kappa shape index (κ3) is 3.98. The Morgan fingerprint density at radius 3 is 2.40 bits per heavy atom. The van der Waals surface area contributed by atoms with Gasteiger partial charge in [-0.05, 0) is 42.3 Å². The molecule has 9 heteroatoms. The minimum Gasteiger partial charge on any atom is -0.270 e. The Morgan fingerprint density at radius 1 is 1.00 bits per heavy atom. The van der Waals surface area contributed by atoms with Gasteiger partial charge in [-0.3, -0.25) is 4.31 Å². The summed E-state index contributed by atoms with van der Waals surface area (Å²) < 4.78 is 53.1. The van der Waals surface area contributed by atoms with Gasteiger partial charge >= 0.3 is 0 Å². The molecule has 0 saturated carbocycles. The van der Waals surface area contributed by atoms with Gasteiger partial charge in [-0.2, -0.15) is 0 Å². The Bertz CT molecular complexity index is 973. The minimum atomic E-state index is -3.78. The molecular weight excluding hydrogens is 384 g/mol. The number of hydrogen-bond donors (Lipinski definition) is 1.